The van der Waals surface area contributed by atoms with E-state index in [4.69, 9.17) is 9.63 Å². The van der Waals surface area contributed by atoms with Gasteiger partial charge in [-0.2, -0.15) is 18.2 Å². The molecule has 96 valence electrons. The van der Waals surface area contributed by atoms with Gasteiger partial charge >= 0.3 is 6.18 Å². The van der Waals surface area contributed by atoms with Gasteiger partial charge < -0.3 is 9.63 Å². The van der Waals surface area contributed by atoms with Gasteiger partial charge in [0.05, 0.1) is 5.92 Å². The fourth-order valence-electron chi connectivity index (χ4n) is 2.17. The molecule has 0 aromatic carbocycles. The molecule has 1 fully saturated rings. The van der Waals surface area contributed by atoms with Gasteiger partial charge in [-0.05, 0) is 25.7 Å². The lowest BCUT2D eigenvalue weighted by molar-refractivity contribution is -0.182. The standard InChI is InChI=1S/C10H13F3N2O2/c11-10(12,13)7-3-1-6(2-4-7)9-14-8(5-16)15-17-9/h6-7,16H,1-5H2. The second-order valence-corrected chi connectivity index (χ2v) is 4.30. The summed E-state index contributed by atoms with van der Waals surface area (Å²) >= 11 is 0. The molecule has 0 saturated heterocycles. The molecular formula is C10H13F3N2O2. The third kappa shape index (κ3) is 2.77. The molecule has 17 heavy (non-hydrogen) atoms. The molecule has 1 aromatic heterocycles. The minimum atomic E-state index is -4.10. The summed E-state index contributed by atoms with van der Waals surface area (Å²) in [5.41, 5.74) is 0. The lowest BCUT2D eigenvalue weighted by Crippen LogP contribution is -2.27. The molecular weight excluding hydrogens is 237 g/mol. The topological polar surface area (TPSA) is 59.2 Å². The first-order chi connectivity index (χ1) is 8.00. The van der Waals surface area contributed by atoms with Crippen LogP contribution in [0.2, 0.25) is 0 Å². The molecule has 0 radical (unpaired) electrons. The van der Waals surface area contributed by atoms with Crippen molar-refractivity contribution in [1.82, 2.24) is 10.1 Å². The average Bonchev–Trinajstić information content (AvgIpc) is 2.76. The molecule has 0 unspecified atom stereocenters. The fourth-order valence-corrected chi connectivity index (χ4v) is 2.17. The van der Waals surface area contributed by atoms with Crippen LogP contribution in [0.15, 0.2) is 4.52 Å². The van der Waals surface area contributed by atoms with E-state index in [1.54, 1.807) is 0 Å². The monoisotopic (exact) mass is 250 g/mol. The van der Waals surface area contributed by atoms with Crippen molar-refractivity contribution in [2.24, 2.45) is 5.92 Å². The summed E-state index contributed by atoms with van der Waals surface area (Å²) in [5.74, 6) is -0.798. The molecule has 1 saturated carbocycles. The zero-order chi connectivity index (χ0) is 12.5. The van der Waals surface area contributed by atoms with Crippen molar-refractivity contribution in [3.63, 3.8) is 0 Å². The van der Waals surface area contributed by atoms with Crippen LogP contribution >= 0.6 is 0 Å². The maximum Gasteiger partial charge on any atom is 0.391 e. The smallest absolute Gasteiger partial charge is 0.388 e. The van der Waals surface area contributed by atoms with Crippen molar-refractivity contribution in [2.45, 2.75) is 44.4 Å². The Kier molecular flexibility index (Phi) is 3.37. The van der Waals surface area contributed by atoms with Crippen LogP contribution in [0.4, 0.5) is 13.2 Å². The second-order valence-electron chi connectivity index (χ2n) is 4.30. The molecule has 0 aliphatic heterocycles. The highest BCUT2D eigenvalue weighted by Crippen LogP contribution is 2.42. The summed E-state index contributed by atoms with van der Waals surface area (Å²) in [7, 11) is 0. The SMILES string of the molecule is OCc1noc(C2CCC(C(F)(F)F)CC2)n1. The molecule has 0 bridgehead atoms. The summed E-state index contributed by atoms with van der Waals surface area (Å²) in [6, 6.07) is 0. The highest BCUT2D eigenvalue weighted by molar-refractivity contribution is 4.96. The zero-order valence-electron chi connectivity index (χ0n) is 9.07. The first-order valence-electron chi connectivity index (χ1n) is 5.50. The van der Waals surface area contributed by atoms with E-state index in [0.717, 1.165) is 0 Å². The Hall–Kier alpha value is -1.11. The van der Waals surface area contributed by atoms with E-state index in [1.165, 1.54) is 0 Å². The molecule has 1 aliphatic carbocycles. The number of aromatic nitrogens is 2. The minimum Gasteiger partial charge on any atom is -0.388 e. The number of aliphatic hydroxyl groups is 1. The van der Waals surface area contributed by atoms with Gasteiger partial charge in [0.2, 0.25) is 5.89 Å². The zero-order valence-corrected chi connectivity index (χ0v) is 9.07. The van der Waals surface area contributed by atoms with Gasteiger partial charge in [0.25, 0.3) is 0 Å². The number of nitrogens with zero attached hydrogens (tertiary/aromatic N) is 2. The molecule has 0 amide bonds. The number of aliphatic hydroxyl groups excluding tert-OH is 1. The van der Waals surface area contributed by atoms with E-state index in [2.05, 4.69) is 10.1 Å². The second kappa shape index (κ2) is 4.64. The first kappa shape index (κ1) is 12.3. The maximum atomic E-state index is 12.4. The van der Waals surface area contributed by atoms with E-state index in [-0.39, 0.29) is 31.2 Å². The number of alkyl halides is 3. The Labute approximate surface area is 95.8 Å². The first-order valence-corrected chi connectivity index (χ1v) is 5.50. The molecule has 1 aliphatic rings. The van der Waals surface area contributed by atoms with E-state index >= 15 is 0 Å². The van der Waals surface area contributed by atoms with Crippen LogP contribution < -0.4 is 0 Å². The van der Waals surface area contributed by atoms with E-state index < -0.39 is 12.1 Å². The lowest BCUT2D eigenvalue weighted by Gasteiger charge is -2.27. The fraction of sp³-hybridized carbons (Fsp3) is 0.800. The Bertz CT molecular complexity index is 370. The number of hydrogen-bond donors (Lipinski definition) is 1. The third-order valence-electron chi connectivity index (χ3n) is 3.16. The van der Waals surface area contributed by atoms with Crippen molar-refractivity contribution >= 4 is 0 Å². The Balaban J connectivity index is 1.95. The molecule has 1 heterocycles. The average molecular weight is 250 g/mol. The Morgan fingerprint density at radius 2 is 1.88 bits per heavy atom. The summed E-state index contributed by atoms with van der Waals surface area (Å²) in [6.07, 6.45) is -3.10. The van der Waals surface area contributed by atoms with Crippen LogP contribution in [0.5, 0.6) is 0 Å². The predicted molar refractivity (Wildman–Crippen MR) is 51.0 cm³/mol. The van der Waals surface area contributed by atoms with Crippen LogP contribution in [0.1, 0.15) is 43.3 Å². The molecule has 1 aromatic rings. The van der Waals surface area contributed by atoms with Crippen molar-refractivity contribution in [3.8, 4) is 0 Å². The van der Waals surface area contributed by atoms with Gasteiger partial charge in [-0.3, -0.25) is 0 Å². The third-order valence-corrected chi connectivity index (χ3v) is 3.16. The van der Waals surface area contributed by atoms with Gasteiger partial charge in [0.1, 0.15) is 6.61 Å². The van der Waals surface area contributed by atoms with Crippen molar-refractivity contribution in [1.29, 1.82) is 0 Å². The molecule has 0 atom stereocenters. The predicted octanol–water partition coefficient (Wildman–Crippen LogP) is 2.40. The van der Waals surface area contributed by atoms with E-state index in [9.17, 15) is 13.2 Å². The van der Waals surface area contributed by atoms with Crippen LogP contribution in [-0.2, 0) is 6.61 Å². The van der Waals surface area contributed by atoms with Gasteiger partial charge in [-0.25, -0.2) is 0 Å². The highest BCUT2D eigenvalue weighted by atomic mass is 19.4. The lowest BCUT2D eigenvalue weighted by atomic mass is 9.81. The van der Waals surface area contributed by atoms with Gasteiger partial charge in [-0.15, -0.1) is 0 Å². The van der Waals surface area contributed by atoms with E-state index in [1.807, 2.05) is 0 Å². The summed E-state index contributed by atoms with van der Waals surface area (Å²) in [6.45, 7) is -0.318. The van der Waals surface area contributed by atoms with Gasteiger partial charge in [0.15, 0.2) is 5.82 Å². The summed E-state index contributed by atoms with van der Waals surface area (Å²) < 4.78 is 42.2. The summed E-state index contributed by atoms with van der Waals surface area (Å²) in [4.78, 5) is 3.93. The number of hydrogen-bond acceptors (Lipinski definition) is 4. The maximum absolute atomic E-state index is 12.4. The van der Waals surface area contributed by atoms with Gasteiger partial charge in [-0.1, -0.05) is 5.16 Å². The van der Waals surface area contributed by atoms with Crippen molar-refractivity contribution in [2.75, 3.05) is 0 Å². The van der Waals surface area contributed by atoms with Crippen LogP contribution in [-0.4, -0.2) is 21.4 Å². The molecule has 1 N–H and O–H groups in total. The minimum absolute atomic E-state index is 0.102. The van der Waals surface area contributed by atoms with E-state index in [0.29, 0.717) is 18.7 Å². The van der Waals surface area contributed by atoms with Gasteiger partial charge in [0, 0.05) is 5.92 Å². The summed E-state index contributed by atoms with van der Waals surface area (Å²) in [5, 5.41) is 12.3. The van der Waals surface area contributed by atoms with Crippen molar-refractivity contribution in [3.05, 3.63) is 11.7 Å². The largest absolute Gasteiger partial charge is 0.391 e. The van der Waals surface area contributed by atoms with Crippen LogP contribution in [0.25, 0.3) is 0 Å². The van der Waals surface area contributed by atoms with Crippen LogP contribution in [0.3, 0.4) is 0 Å². The van der Waals surface area contributed by atoms with Crippen molar-refractivity contribution < 1.29 is 22.8 Å². The molecule has 2 rings (SSSR count). The molecule has 7 heteroatoms. The molecule has 4 nitrogen and oxygen atoms in total. The normalized spacial score (nSPS) is 26.1. The quantitative estimate of drug-likeness (QED) is 0.875. The Morgan fingerprint density at radius 3 is 2.35 bits per heavy atom. The molecule has 0 spiro atoms. The van der Waals surface area contributed by atoms with Crippen LogP contribution in [0, 0.1) is 5.92 Å². The number of rotatable bonds is 2. The Morgan fingerprint density at radius 1 is 1.24 bits per heavy atom. The highest BCUT2D eigenvalue weighted by Gasteiger charge is 2.42. The number of halogens is 3.